The summed E-state index contributed by atoms with van der Waals surface area (Å²) in [6, 6.07) is 1.55. The van der Waals surface area contributed by atoms with E-state index in [-0.39, 0.29) is 17.3 Å². The molecule has 2 rings (SSSR count). The third-order valence-electron chi connectivity index (χ3n) is 2.65. The number of ketones is 1. The molecule has 0 atom stereocenters. The summed E-state index contributed by atoms with van der Waals surface area (Å²) < 4.78 is 4.95. The molecule has 1 aromatic rings. The Morgan fingerprint density at radius 2 is 2.20 bits per heavy atom. The van der Waals surface area contributed by atoms with E-state index in [9.17, 15) is 9.90 Å². The van der Waals surface area contributed by atoms with Gasteiger partial charge in [-0.1, -0.05) is 11.6 Å². The first-order chi connectivity index (χ1) is 7.15. The van der Waals surface area contributed by atoms with Crippen molar-refractivity contribution in [2.24, 2.45) is 0 Å². The molecule has 0 aliphatic heterocycles. The monoisotopic (exact) mass is 226 g/mol. The van der Waals surface area contributed by atoms with Crippen LogP contribution in [0.1, 0.15) is 28.8 Å². The van der Waals surface area contributed by atoms with Gasteiger partial charge in [-0.05, 0) is 18.4 Å². The van der Waals surface area contributed by atoms with E-state index in [0.717, 1.165) is 18.4 Å². The maximum Gasteiger partial charge on any atom is 0.169 e. The van der Waals surface area contributed by atoms with Gasteiger partial charge in [-0.3, -0.25) is 4.79 Å². The largest absolute Gasteiger partial charge is 0.504 e. The molecule has 1 aliphatic carbocycles. The number of phenols is 1. The lowest BCUT2D eigenvalue weighted by molar-refractivity contribution is 0.0969. The highest BCUT2D eigenvalue weighted by Crippen LogP contribution is 2.40. The molecule has 4 heteroatoms. The number of phenolic OH excluding ortho intramolecular Hbond substituents is 1. The summed E-state index contributed by atoms with van der Waals surface area (Å²) in [6.07, 6.45) is 1.98. The average Bonchev–Trinajstić information content (AvgIpc) is 2.23. The van der Waals surface area contributed by atoms with E-state index < -0.39 is 0 Å². The predicted octanol–water partition coefficient (Wildman–Crippen LogP) is 2.57. The Hall–Kier alpha value is -1.22. The summed E-state index contributed by atoms with van der Waals surface area (Å²) in [5, 5.41) is 10.3. The molecule has 1 aromatic carbocycles. The minimum atomic E-state index is -0.0819. The van der Waals surface area contributed by atoms with E-state index in [1.54, 1.807) is 6.07 Å². The smallest absolute Gasteiger partial charge is 0.169 e. The number of ether oxygens (including phenoxy) is 1. The van der Waals surface area contributed by atoms with Crippen molar-refractivity contribution in [3.8, 4) is 11.5 Å². The van der Waals surface area contributed by atoms with Crippen molar-refractivity contribution < 1.29 is 14.6 Å². The fourth-order valence-electron chi connectivity index (χ4n) is 1.91. The number of hydrogen-bond donors (Lipinski definition) is 1. The molecule has 1 aliphatic rings. The number of carbonyl (C=O) groups excluding carboxylic acids is 1. The first kappa shape index (κ1) is 10.3. The van der Waals surface area contributed by atoms with Gasteiger partial charge >= 0.3 is 0 Å². The molecule has 0 saturated carbocycles. The van der Waals surface area contributed by atoms with Crippen molar-refractivity contribution in [3.63, 3.8) is 0 Å². The summed E-state index contributed by atoms with van der Waals surface area (Å²) in [6.45, 7) is 0. The summed E-state index contributed by atoms with van der Waals surface area (Å²) in [7, 11) is 1.44. The second kappa shape index (κ2) is 3.74. The van der Waals surface area contributed by atoms with Crippen LogP contribution < -0.4 is 4.74 Å². The summed E-state index contributed by atoms with van der Waals surface area (Å²) >= 11 is 6.02. The molecular formula is C11H11ClO3. The van der Waals surface area contributed by atoms with Crippen molar-refractivity contribution in [2.45, 2.75) is 19.3 Å². The van der Waals surface area contributed by atoms with Crippen LogP contribution in [-0.4, -0.2) is 18.0 Å². The minimum absolute atomic E-state index is 0.0606. The van der Waals surface area contributed by atoms with Crippen LogP contribution >= 0.6 is 11.6 Å². The average molecular weight is 227 g/mol. The van der Waals surface area contributed by atoms with Crippen molar-refractivity contribution >= 4 is 17.4 Å². The zero-order chi connectivity index (χ0) is 11.0. The van der Waals surface area contributed by atoms with Crippen LogP contribution in [0.4, 0.5) is 0 Å². The topological polar surface area (TPSA) is 46.5 Å². The fraction of sp³-hybridized carbons (Fsp3) is 0.364. The van der Waals surface area contributed by atoms with Gasteiger partial charge in [0.15, 0.2) is 17.3 Å². The SMILES string of the molecule is COc1cc(Cl)c2c(c1O)C(=O)CCC2. The van der Waals surface area contributed by atoms with E-state index >= 15 is 0 Å². The molecule has 0 saturated heterocycles. The van der Waals surface area contributed by atoms with Gasteiger partial charge < -0.3 is 9.84 Å². The minimum Gasteiger partial charge on any atom is -0.504 e. The van der Waals surface area contributed by atoms with Gasteiger partial charge in [0.2, 0.25) is 0 Å². The molecule has 0 spiro atoms. The highest BCUT2D eigenvalue weighted by atomic mass is 35.5. The third-order valence-corrected chi connectivity index (χ3v) is 2.98. The van der Waals surface area contributed by atoms with Gasteiger partial charge in [0.25, 0.3) is 0 Å². The number of benzene rings is 1. The lowest BCUT2D eigenvalue weighted by Crippen LogP contribution is -2.12. The molecule has 15 heavy (non-hydrogen) atoms. The van der Waals surface area contributed by atoms with Crippen molar-refractivity contribution in [2.75, 3.05) is 7.11 Å². The van der Waals surface area contributed by atoms with E-state index in [0.29, 0.717) is 17.0 Å². The van der Waals surface area contributed by atoms with Crippen molar-refractivity contribution in [1.29, 1.82) is 0 Å². The second-order valence-electron chi connectivity index (χ2n) is 3.54. The number of methoxy groups -OCH3 is 1. The lowest BCUT2D eigenvalue weighted by atomic mass is 9.89. The zero-order valence-electron chi connectivity index (χ0n) is 8.34. The number of rotatable bonds is 1. The Kier molecular flexibility index (Phi) is 2.57. The normalized spacial score (nSPS) is 14.9. The molecular weight excluding hydrogens is 216 g/mol. The number of hydrogen-bond acceptors (Lipinski definition) is 3. The number of carbonyl (C=O) groups is 1. The Morgan fingerprint density at radius 1 is 1.47 bits per heavy atom. The van der Waals surface area contributed by atoms with E-state index in [1.165, 1.54) is 7.11 Å². The summed E-state index contributed by atoms with van der Waals surface area (Å²) in [4.78, 5) is 11.7. The van der Waals surface area contributed by atoms with Crippen molar-refractivity contribution in [3.05, 3.63) is 22.2 Å². The van der Waals surface area contributed by atoms with Crippen molar-refractivity contribution in [1.82, 2.24) is 0 Å². The van der Waals surface area contributed by atoms with Gasteiger partial charge in [0.1, 0.15) is 0 Å². The number of fused-ring (bicyclic) bond motifs is 1. The first-order valence-electron chi connectivity index (χ1n) is 4.76. The molecule has 0 amide bonds. The van der Waals surface area contributed by atoms with E-state index in [4.69, 9.17) is 16.3 Å². The van der Waals surface area contributed by atoms with Gasteiger partial charge in [0.05, 0.1) is 12.7 Å². The highest BCUT2D eigenvalue weighted by molar-refractivity contribution is 6.32. The fourth-order valence-corrected chi connectivity index (χ4v) is 2.20. The molecule has 3 nitrogen and oxygen atoms in total. The molecule has 0 heterocycles. The molecule has 1 N–H and O–H groups in total. The maximum absolute atomic E-state index is 11.7. The molecule has 80 valence electrons. The summed E-state index contributed by atoms with van der Waals surface area (Å²) in [5.74, 6) is 0.116. The van der Waals surface area contributed by atoms with E-state index in [2.05, 4.69) is 0 Å². The van der Waals surface area contributed by atoms with Gasteiger partial charge in [-0.2, -0.15) is 0 Å². The number of Topliss-reactive ketones (excluding diaryl/α,β-unsaturated/α-hetero) is 1. The quantitative estimate of drug-likeness (QED) is 0.801. The van der Waals surface area contributed by atoms with Gasteiger partial charge in [0, 0.05) is 17.5 Å². The van der Waals surface area contributed by atoms with Crippen LogP contribution in [0.3, 0.4) is 0 Å². The predicted molar refractivity (Wildman–Crippen MR) is 56.9 cm³/mol. The van der Waals surface area contributed by atoms with Gasteiger partial charge in [-0.15, -0.1) is 0 Å². The molecule has 0 unspecified atom stereocenters. The van der Waals surface area contributed by atoms with Gasteiger partial charge in [-0.25, -0.2) is 0 Å². The highest BCUT2D eigenvalue weighted by Gasteiger charge is 2.25. The number of aromatic hydroxyl groups is 1. The lowest BCUT2D eigenvalue weighted by Gasteiger charge is -2.18. The van der Waals surface area contributed by atoms with Crippen LogP contribution in [0.5, 0.6) is 11.5 Å². The van der Waals surface area contributed by atoms with Crippen LogP contribution in [-0.2, 0) is 6.42 Å². The third kappa shape index (κ3) is 1.57. The molecule has 0 fully saturated rings. The van der Waals surface area contributed by atoms with Crippen LogP contribution in [0.15, 0.2) is 6.07 Å². The Morgan fingerprint density at radius 3 is 2.87 bits per heavy atom. The first-order valence-corrected chi connectivity index (χ1v) is 5.14. The Bertz CT molecular complexity index is 426. The Balaban J connectivity index is 2.69. The maximum atomic E-state index is 11.7. The molecule has 0 radical (unpaired) electrons. The standard InChI is InChI=1S/C11H11ClO3/c1-15-9-5-7(12)6-3-2-4-8(13)10(6)11(9)14/h5,14H,2-4H2,1H3. The van der Waals surface area contributed by atoms with Crippen LogP contribution in [0.2, 0.25) is 5.02 Å². The number of halogens is 1. The van der Waals surface area contributed by atoms with Crippen LogP contribution in [0, 0.1) is 0 Å². The Labute approximate surface area is 92.6 Å². The second-order valence-corrected chi connectivity index (χ2v) is 3.95. The molecule has 0 bridgehead atoms. The molecule has 0 aromatic heterocycles. The summed E-state index contributed by atoms with van der Waals surface area (Å²) in [5.41, 5.74) is 1.08. The van der Waals surface area contributed by atoms with E-state index in [1.807, 2.05) is 0 Å². The van der Waals surface area contributed by atoms with Crippen LogP contribution in [0.25, 0.3) is 0 Å². The zero-order valence-corrected chi connectivity index (χ0v) is 9.10.